The van der Waals surface area contributed by atoms with E-state index in [9.17, 15) is 10.2 Å². The van der Waals surface area contributed by atoms with Crippen LogP contribution in [0.2, 0.25) is 0 Å². The van der Waals surface area contributed by atoms with Crippen molar-refractivity contribution in [1.29, 1.82) is 0 Å². The van der Waals surface area contributed by atoms with E-state index in [1.807, 2.05) is 12.4 Å². The van der Waals surface area contributed by atoms with Crippen LogP contribution in [0.15, 0.2) is 34.3 Å². The van der Waals surface area contributed by atoms with Crippen LogP contribution >= 0.6 is 0 Å². The van der Waals surface area contributed by atoms with E-state index >= 15 is 0 Å². The quantitative estimate of drug-likeness (QED) is 0.148. The fraction of sp³-hybridized carbons (Fsp3) is 0.636. The van der Waals surface area contributed by atoms with E-state index in [0.29, 0.717) is 5.75 Å². The fourth-order valence-electron chi connectivity index (χ4n) is 6.80. The molecule has 2 aliphatic rings. The normalized spacial score (nSPS) is 15.9. The summed E-state index contributed by atoms with van der Waals surface area (Å²) in [5.41, 5.74) is 4.15. The van der Waals surface area contributed by atoms with Gasteiger partial charge in [-0.25, -0.2) is 4.79 Å². The first-order valence-corrected chi connectivity index (χ1v) is 19.5. The molecule has 2 aromatic rings. The molecule has 0 amide bonds. The van der Waals surface area contributed by atoms with E-state index in [0.717, 1.165) is 67.8 Å². The summed E-state index contributed by atoms with van der Waals surface area (Å²) in [5.74, 6) is 1.98. The summed E-state index contributed by atoms with van der Waals surface area (Å²) in [6, 6.07) is 8.48. The van der Waals surface area contributed by atoms with Gasteiger partial charge in [0.15, 0.2) is 0 Å². The van der Waals surface area contributed by atoms with Gasteiger partial charge in [-0.2, -0.15) is 0 Å². The molecule has 2 aliphatic heterocycles. The van der Waals surface area contributed by atoms with Crippen LogP contribution in [0.4, 0.5) is 4.79 Å². The van der Waals surface area contributed by atoms with Crippen molar-refractivity contribution in [3.05, 3.63) is 57.6 Å². The number of phenols is 2. The number of hydrogen-bond donors (Lipinski definition) is 4. The Morgan fingerprint density at radius 2 is 1.20 bits per heavy atom. The van der Waals surface area contributed by atoms with E-state index in [1.54, 1.807) is 0 Å². The average molecular weight is 801 g/mol. The standard InChI is InChI=1S/C43H67N5O2.CH2O3.Cr/c1-39(2,3)33-24-30(18-15-20-47-22-17-23-48-21-16-19-46(14)38(47)48)36(49)31(25-33)28-44-42(10,11)43(12,13)45-29-32-26-34(40(4,5)6)27-35(37(32)50)41(7,8)9;2-1(3)4;/h24-29H,15-23H2,1-14H3,(H-,44,45,49,50);(H2,2,3,4);/p+1. The first-order chi connectivity index (χ1) is 24.7. The van der Waals surface area contributed by atoms with Crippen molar-refractivity contribution in [3.63, 3.8) is 0 Å². The van der Waals surface area contributed by atoms with E-state index in [2.05, 4.69) is 136 Å². The van der Waals surface area contributed by atoms with Gasteiger partial charge in [0.25, 0.3) is 0 Å². The third-order valence-corrected chi connectivity index (χ3v) is 11.0. The maximum absolute atomic E-state index is 11.6. The molecular formula is C44H70CrN5O5+. The third-order valence-electron chi connectivity index (χ3n) is 11.0. The number of aryl methyl sites for hydroxylation is 1. The Labute approximate surface area is 342 Å². The smallest absolute Gasteiger partial charge is 0.503 e. The van der Waals surface area contributed by atoms with Gasteiger partial charge >= 0.3 is 12.1 Å². The number of hydrogen-bond acceptors (Lipinski definition) is 7. The number of carbonyl (C=O) groups is 1. The molecule has 0 aromatic heterocycles. The summed E-state index contributed by atoms with van der Waals surface area (Å²) in [6.45, 7) is 33.4. The van der Waals surface area contributed by atoms with Crippen LogP contribution in [0.3, 0.4) is 0 Å². The predicted molar refractivity (Wildman–Crippen MR) is 223 cm³/mol. The first-order valence-electron chi connectivity index (χ1n) is 19.5. The van der Waals surface area contributed by atoms with Gasteiger partial charge in [0.05, 0.1) is 50.8 Å². The van der Waals surface area contributed by atoms with Gasteiger partial charge in [0, 0.05) is 59.3 Å². The van der Waals surface area contributed by atoms with Crippen molar-refractivity contribution in [2.24, 2.45) is 9.98 Å². The van der Waals surface area contributed by atoms with Gasteiger partial charge in [0.1, 0.15) is 11.5 Å². The molecule has 11 heteroatoms. The van der Waals surface area contributed by atoms with Crippen LogP contribution in [0, 0.1) is 0 Å². The molecule has 1 fully saturated rings. The van der Waals surface area contributed by atoms with Crippen molar-refractivity contribution in [3.8, 4) is 11.5 Å². The summed E-state index contributed by atoms with van der Waals surface area (Å²) in [6.07, 6.45) is 6.02. The number of rotatable bonds is 9. The minimum absolute atomic E-state index is 0. The molecule has 4 N–H and O–H groups in total. The predicted octanol–water partition coefficient (Wildman–Crippen LogP) is 8.65. The Kier molecular flexibility index (Phi) is 15.7. The molecule has 10 nitrogen and oxygen atoms in total. The van der Waals surface area contributed by atoms with E-state index in [1.165, 1.54) is 29.9 Å². The van der Waals surface area contributed by atoms with Crippen molar-refractivity contribution in [2.45, 2.75) is 143 Å². The molecule has 2 aromatic carbocycles. The Hall–Kier alpha value is -3.55. The molecule has 0 unspecified atom stereocenters. The minimum atomic E-state index is -1.83. The monoisotopic (exact) mass is 800 g/mol. The molecule has 0 spiro atoms. The van der Waals surface area contributed by atoms with E-state index in [4.69, 9.17) is 25.0 Å². The fourth-order valence-corrected chi connectivity index (χ4v) is 6.80. The Balaban J connectivity index is 0.00000199. The van der Waals surface area contributed by atoms with Crippen molar-refractivity contribution in [1.82, 2.24) is 9.80 Å². The van der Waals surface area contributed by atoms with Crippen LogP contribution in [0.1, 0.15) is 143 Å². The first kappa shape index (κ1) is 47.6. The van der Waals surface area contributed by atoms with Crippen LogP contribution < -0.4 is 0 Å². The van der Waals surface area contributed by atoms with Crippen LogP contribution in [0.5, 0.6) is 11.5 Å². The molecule has 0 aliphatic carbocycles. The number of aromatic hydroxyl groups is 2. The molecule has 306 valence electrons. The average Bonchev–Trinajstić information content (AvgIpc) is 3.02. The second-order valence-electron chi connectivity index (χ2n) is 19.2. The molecule has 1 saturated heterocycles. The largest absolute Gasteiger partial charge is 0.507 e. The number of guanidine groups is 1. The molecule has 0 atom stereocenters. The van der Waals surface area contributed by atoms with Gasteiger partial charge in [-0.1, -0.05) is 74.4 Å². The molecule has 0 bridgehead atoms. The topological polar surface area (TPSA) is 132 Å². The second kappa shape index (κ2) is 18.1. The molecule has 55 heavy (non-hydrogen) atoms. The van der Waals surface area contributed by atoms with Crippen molar-refractivity contribution < 1.29 is 47.2 Å². The zero-order chi connectivity index (χ0) is 41.0. The summed E-state index contributed by atoms with van der Waals surface area (Å²) in [4.78, 5) is 23.8. The minimum Gasteiger partial charge on any atom is -0.507 e. The number of aliphatic imine (C=N–C) groups is 2. The summed E-state index contributed by atoms with van der Waals surface area (Å²) < 4.78 is 2.41. The van der Waals surface area contributed by atoms with Crippen LogP contribution in [-0.2, 0) is 40.0 Å². The van der Waals surface area contributed by atoms with Crippen LogP contribution in [0.25, 0.3) is 0 Å². The SMILES string of the molecule is C[N+]1=C2N(CCCc3cc(C(C)(C)C)cc(C=NC(C)(C)C(C)(C)N=Cc4cc(C(C)(C)C)cc(C(C)(C)C)c4O)c3O)CCCN2CCC1.O=C(O)O.[Cr]. The molecule has 0 saturated carbocycles. The zero-order valence-corrected chi connectivity index (χ0v) is 37.4. The molecule has 0 radical (unpaired) electrons. The van der Waals surface area contributed by atoms with Gasteiger partial charge < -0.3 is 20.4 Å². The van der Waals surface area contributed by atoms with E-state index in [-0.39, 0.29) is 39.4 Å². The Bertz CT molecular complexity index is 1740. The third kappa shape index (κ3) is 12.5. The zero-order valence-electron chi connectivity index (χ0n) is 36.2. The maximum Gasteiger partial charge on any atom is 0.503 e. The summed E-state index contributed by atoms with van der Waals surface area (Å²) in [5, 5.41) is 36.9. The van der Waals surface area contributed by atoms with Gasteiger partial charge in [-0.3, -0.25) is 24.4 Å². The maximum atomic E-state index is 11.6. The van der Waals surface area contributed by atoms with Crippen LogP contribution in [-0.4, -0.2) is 110 Å². The number of fused-ring (bicyclic) bond motifs is 1. The molecule has 4 rings (SSSR count). The number of benzene rings is 2. The van der Waals surface area contributed by atoms with Crippen molar-refractivity contribution >= 4 is 24.5 Å². The molecular weight excluding hydrogens is 731 g/mol. The summed E-state index contributed by atoms with van der Waals surface area (Å²) >= 11 is 0. The number of phenolic OH excluding ortho intramolecular Hbond substituents is 2. The number of carboxylic acid groups (broad SMARTS) is 2. The summed E-state index contributed by atoms with van der Waals surface area (Å²) in [7, 11) is 2.22. The van der Waals surface area contributed by atoms with Crippen molar-refractivity contribution in [2.75, 3.05) is 39.8 Å². The number of nitrogens with zero attached hydrogens (tertiary/aromatic N) is 5. The van der Waals surface area contributed by atoms with Gasteiger partial charge in [-0.05, 0) is 85.6 Å². The van der Waals surface area contributed by atoms with E-state index < -0.39 is 17.2 Å². The second-order valence-corrected chi connectivity index (χ2v) is 19.2. The van der Waals surface area contributed by atoms with Gasteiger partial charge in [-0.15, -0.1) is 0 Å². The van der Waals surface area contributed by atoms with Gasteiger partial charge in [0.2, 0.25) is 0 Å². The Morgan fingerprint density at radius 1 is 0.727 bits per heavy atom. The Morgan fingerprint density at radius 3 is 1.69 bits per heavy atom. The molecule has 2 heterocycles.